The van der Waals surface area contributed by atoms with Crippen LogP contribution in [0.25, 0.3) is 17.2 Å². The summed E-state index contributed by atoms with van der Waals surface area (Å²) in [4.78, 5) is 16.5. The predicted molar refractivity (Wildman–Crippen MR) is 108 cm³/mol. The van der Waals surface area contributed by atoms with Gasteiger partial charge in [0.05, 0.1) is 11.1 Å². The van der Waals surface area contributed by atoms with E-state index in [0.29, 0.717) is 11.8 Å². The van der Waals surface area contributed by atoms with Gasteiger partial charge in [-0.05, 0) is 67.4 Å². The number of rotatable bonds is 4. The molecule has 1 aromatic heterocycles. The molecule has 4 atom stereocenters. The molecule has 1 N–H and O–H groups in total. The number of nitrogens with zero attached hydrogens (tertiary/aromatic N) is 1. The fraction of sp³-hybridized carbons (Fsp3) is 0.417. The maximum absolute atomic E-state index is 13.4. The average molecular weight is 379 g/mol. The van der Waals surface area contributed by atoms with Crippen molar-refractivity contribution in [1.29, 1.82) is 0 Å². The predicted octanol–water partition coefficient (Wildman–Crippen LogP) is 5.82. The third-order valence-corrected chi connectivity index (χ3v) is 6.76. The van der Waals surface area contributed by atoms with Crippen molar-refractivity contribution in [2.75, 3.05) is 0 Å². The van der Waals surface area contributed by atoms with Gasteiger partial charge in [0.25, 0.3) is 0 Å². The number of carboxylic acid groups (broad SMARTS) is 1. The zero-order valence-corrected chi connectivity index (χ0v) is 16.1. The second-order valence-electron chi connectivity index (χ2n) is 8.50. The normalized spacial score (nSPS) is 29.7. The summed E-state index contributed by atoms with van der Waals surface area (Å²) < 4.78 is 13.4. The van der Waals surface area contributed by atoms with E-state index < -0.39 is 11.4 Å². The summed E-state index contributed by atoms with van der Waals surface area (Å²) >= 11 is 0. The highest BCUT2D eigenvalue weighted by atomic mass is 19.1. The summed E-state index contributed by atoms with van der Waals surface area (Å²) in [6.07, 6.45) is 11.2. The van der Waals surface area contributed by atoms with Crippen molar-refractivity contribution in [2.24, 2.45) is 23.2 Å². The van der Waals surface area contributed by atoms with Gasteiger partial charge >= 0.3 is 5.97 Å². The van der Waals surface area contributed by atoms with Gasteiger partial charge in [-0.2, -0.15) is 0 Å². The molecule has 0 aliphatic heterocycles. The summed E-state index contributed by atoms with van der Waals surface area (Å²) in [6, 6.07) is 10.3. The van der Waals surface area contributed by atoms with E-state index in [1.807, 2.05) is 31.2 Å². The van der Waals surface area contributed by atoms with Crippen LogP contribution in [0.3, 0.4) is 0 Å². The highest BCUT2D eigenvalue weighted by Gasteiger charge is 2.54. The Balaban J connectivity index is 1.56. The summed E-state index contributed by atoms with van der Waals surface area (Å²) in [7, 11) is 0. The maximum Gasteiger partial charge on any atom is 0.309 e. The van der Waals surface area contributed by atoms with E-state index >= 15 is 0 Å². The molecule has 2 aliphatic rings. The molecule has 2 fully saturated rings. The van der Waals surface area contributed by atoms with Gasteiger partial charge in [-0.1, -0.05) is 43.5 Å². The number of aliphatic carboxylic acids is 1. The fourth-order valence-corrected chi connectivity index (χ4v) is 5.25. The molecule has 1 aromatic carbocycles. The Labute approximate surface area is 165 Å². The minimum atomic E-state index is -0.697. The summed E-state index contributed by atoms with van der Waals surface area (Å²) in [6.45, 7) is 1.91. The molecule has 0 bridgehead atoms. The van der Waals surface area contributed by atoms with Crippen LogP contribution >= 0.6 is 0 Å². The quantitative estimate of drug-likeness (QED) is 0.728. The highest BCUT2D eigenvalue weighted by molar-refractivity contribution is 5.76. The summed E-state index contributed by atoms with van der Waals surface area (Å²) in [5.74, 6) is 0.0640. The summed E-state index contributed by atoms with van der Waals surface area (Å²) in [5, 5.41) is 9.89. The van der Waals surface area contributed by atoms with Gasteiger partial charge in [0.1, 0.15) is 5.82 Å². The van der Waals surface area contributed by atoms with E-state index in [1.54, 1.807) is 12.3 Å². The molecule has 0 spiro atoms. The first-order valence-corrected chi connectivity index (χ1v) is 10.1. The molecule has 4 rings (SSSR count). The molecule has 146 valence electrons. The number of benzene rings is 1. The lowest BCUT2D eigenvalue weighted by Crippen LogP contribution is -2.32. The van der Waals surface area contributed by atoms with Gasteiger partial charge in [0.2, 0.25) is 0 Å². The smallest absolute Gasteiger partial charge is 0.309 e. The van der Waals surface area contributed by atoms with E-state index in [2.05, 4.69) is 11.1 Å². The molecule has 0 radical (unpaired) electrons. The van der Waals surface area contributed by atoms with Crippen LogP contribution in [-0.2, 0) is 4.79 Å². The third-order valence-electron chi connectivity index (χ3n) is 6.76. The SMILES string of the molecule is C[C@]1(C(=O)O)C[C@H]2CCCC[C@H]2[C@@H]1C=Cc1ccc(-c2cccc(F)c2)cn1. The van der Waals surface area contributed by atoms with E-state index in [-0.39, 0.29) is 11.7 Å². The topological polar surface area (TPSA) is 50.2 Å². The lowest BCUT2D eigenvalue weighted by atomic mass is 9.74. The zero-order valence-electron chi connectivity index (χ0n) is 16.1. The van der Waals surface area contributed by atoms with E-state index in [9.17, 15) is 14.3 Å². The van der Waals surface area contributed by atoms with Crippen LogP contribution in [0, 0.1) is 29.0 Å². The Kier molecular flexibility index (Phi) is 5.05. The number of hydrogen-bond donors (Lipinski definition) is 1. The van der Waals surface area contributed by atoms with E-state index in [4.69, 9.17) is 0 Å². The van der Waals surface area contributed by atoms with Crippen LogP contribution in [0.4, 0.5) is 4.39 Å². The Bertz CT molecular complexity index is 892. The Morgan fingerprint density at radius 2 is 2.04 bits per heavy atom. The molecule has 28 heavy (non-hydrogen) atoms. The minimum Gasteiger partial charge on any atom is -0.481 e. The lowest BCUT2D eigenvalue weighted by Gasteiger charge is -2.30. The van der Waals surface area contributed by atoms with Crippen LogP contribution in [-0.4, -0.2) is 16.1 Å². The van der Waals surface area contributed by atoms with Crippen LogP contribution in [0.1, 0.15) is 44.7 Å². The number of pyridine rings is 1. The Morgan fingerprint density at radius 3 is 2.75 bits per heavy atom. The van der Waals surface area contributed by atoms with Crippen molar-refractivity contribution < 1.29 is 14.3 Å². The molecular weight excluding hydrogens is 353 g/mol. The number of carbonyl (C=O) groups is 1. The molecule has 0 amide bonds. The van der Waals surface area contributed by atoms with Crippen LogP contribution < -0.4 is 0 Å². The first kappa shape index (κ1) is 18.9. The van der Waals surface area contributed by atoms with Crippen molar-refractivity contribution in [2.45, 2.75) is 39.0 Å². The van der Waals surface area contributed by atoms with Gasteiger partial charge in [-0.15, -0.1) is 0 Å². The molecule has 2 aliphatic carbocycles. The van der Waals surface area contributed by atoms with Crippen molar-refractivity contribution >= 4 is 12.0 Å². The zero-order chi connectivity index (χ0) is 19.7. The summed E-state index contributed by atoms with van der Waals surface area (Å²) in [5.41, 5.74) is 1.76. The van der Waals surface area contributed by atoms with Crippen molar-refractivity contribution in [1.82, 2.24) is 4.98 Å². The van der Waals surface area contributed by atoms with Crippen LogP contribution in [0.2, 0.25) is 0 Å². The first-order chi connectivity index (χ1) is 13.5. The number of hydrogen-bond acceptors (Lipinski definition) is 2. The van der Waals surface area contributed by atoms with Crippen molar-refractivity contribution in [3.05, 3.63) is 60.2 Å². The maximum atomic E-state index is 13.4. The number of halogens is 1. The Morgan fingerprint density at radius 1 is 1.21 bits per heavy atom. The fourth-order valence-electron chi connectivity index (χ4n) is 5.25. The molecule has 2 saturated carbocycles. The number of allylic oxidation sites excluding steroid dienone is 1. The van der Waals surface area contributed by atoms with E-state index in [1.165, 1.54) is 25.0 Å². The van der Waals surface area contributed by atoms with Gasteiger partial charge in [-0.3, -0.25) is 9.78 Å². The van der Waals surface area contributed by atoms with Gasteiger partial charge in [0.15, 0.2) is 0 Å². The second-order valence-corrected chi connectivity index (χ2v) is 8.50. The molecular formula is C24H26FNO2. The molecule has 0 unspecified atom stereocenters. The van der Waals surface area contributed by atoms with Crippen molar-refractivity contribution in [3.63, 3.8) is 0 Å². The van der Waals surface area contributed by atoms with Gasteiger partial charge in [-0.25, -0.2) is 4.39 Å². The molecule has 0 saturated heterocycles. The first-order valence-electron chi connectivity index (χ1n) is 10.1. The average Bonchev–Trinajstić information content (AvgIpc) is 2.99. The standard InChI is InChI=1S/C24H26FNO2/c1-24(23(27)28)14-17-5-2-3-8-21(17)22(24)12-11-20-10-9-18(15-26-20)16-6-4-7-19(25)13-16/h4,6-7,9-13,15,17,21-22H,2-3,5,8,14H2,1H3,(H,27,28)/t17-,21-,22+,24+/m1/s1. The van der Waals surface area contributed by atoms with Crippen LogP contribution in [0.5, 0.6) is 0 Å². The third kappa shape index (κ3) is 3.48. The van der Waals surface area contributed by atoms with E-state index in [0.717, 1.165) is 36.1 Å². The highest BCUT2D eigenvalue weighted by Crippen LogP contribution is 2.56. The van der Waals surface area contributed by atoms with Crippen molar-refractivity contribution in [3.8, 4) is 11.1 Å². The Hall–Kier alpha value is -2.49. The lowest BCUT2D eigenvalue weighted by molar-refractivity contribution is -0.149. The van der Waals surface area contributed by atoms with Gasteiger partial charge in [0, 0.05) is 11.8 Å². The van der Waals surface area contributed by atoms with Gasteiger partial charge < -0.3 is 5.11 Å². The molecule has 4 heteroatoms. The van der Waals surface area contributed by atoms with Crippen LogP contribution in [0.15, 0.2) is 48.7 Å². The second kappa shape index (κ2) is 7.50. The molecule has 3 nitrogen and oxygen atoms in total. The largest absolute Gasteiger partial charge is 0.481 e. The molecule has 1 heterocycles. The number of carboxylic acids is 1. The number of aromatic nitrogens is 1. The number of fused-ring (bicyclic) bond motifs is 1. The monoisotopic (exact) mass is 379 g/mol. The minimum absolute atomic E-state index is 0.0417. The molecule has 2 aromatic rings.